The number of hydrogen-bond donors (Lipinski definition) is 2. The van der Waals surface area contributed by atoms with Gasteiger partial charge in [0.05, 0.1) is 0 Å². The van der Waals surface area contributed by atoms with E-state index in [0.29, 0.717) is 11.8 Å². The summed E-state index contributed by atoms with van der Waals surface area (Å²) in [5.74, 6) is 1.11. The number of pyridine rings is 1. The fraction of sp³-hybridized carbons (Fsp3) is 0.250. The Morgan fingerprint density at radius 2 is 2.05 bits per heavy atom. The normalized spacial score (nSPS) is 11.0. The zero-order valence-electron chi connectivity index (χ0n) is 12.2. The molecule has 0 saturated heterocycles. The first-order valence-corrected chi connectivity index (χ1v) is 7.05. The summed E-state index contributed by atoms with van der Waals surface area (Å²) in [6.45, 7) is 5.75. The summed E-state index contributed by atoms with van der Waals surface area (Å²) in [7, 11) is 0. The molecule has 2 heterocycles. The Balaban J connectivity index is 2.00. The van der Waals surface area contributed by atoms with Gasteiger partial charge in [-0.3, -0.25) is 5.10 Å². The molecule has 2 aromatic heterocycles. The maximum Gasteiger partial charge on any atom is 0.240 e. The van der Waals surface area contributed by atoms with Gasteiger partial charge in [-0.1, -0.05) is 25.1 Å². The molecule has 0 saturated carbocycles. The van der Waals surface area contributed by atoms with Crippen LogP contribution in [-0.4, -0.2) is 21.7 Å². The summed E-state index contributed by atoms with van der Waals surface area (Å²) >= 11 is 0. The van der Waals surface area contributed by atoms with Gasteiger partial charge in [-0.2, -0.15) is 0 Å². The van der Waals surface area contributed by atoms with Crippen molar-refractivity contribution in [3.63, 3.8) is 0 Å². The van der Waals surface area contributed by atoms with Gasteiger partial charge < -0.3 is 10.1 Å². The molecular formula is C16H18N4O. The lowest BCUT2D eigenvalue weighted by Gasteiger charge is -2.10. The molecular weight excluding hydrogens is 264 g/mol. The highest BCUT2D eigenvalue weighted by Crippen LogP contribution is 2.29. The van der Waals surface area contributed by atoms with Gasteiger partial charge in [0.1, 0.15) is 0 Å². The van der Waals surface area contributed by atoms with Gasteiger partial charge in [-0.15, -0.1) is 5.10 Å². The summed E-state index contributed by atoms with van der Waals surface area (Å²) in [6.07, 6.45) is 1.86. The van der Waals surface area contributed by atoms with Crippen LogP contribution in [-0.2, 0) is 6.54 Å². The molecule has 3 aromatic rings. The van der Waals surface area contributed by atoms with Crippen molar-refractivity contribution in [3.8, 4) is 11.8 Å². The topological polar surface area (TPSA) is 62.8 Å². The second-order valence-corrected chi connectivity index (χ2v) is 4.91. The SMILES string of the molecule is CCNCc1cnc(Oc2cc(C)[nH]n2)c2ccccc12. The minimum absolute atomic E-state index is 0.532. The van der Waals surface area contributed by atoms with Gasteiger partial charge in [0.2, 0.25) is 11.8 Å². The molecule has 0 bridgehead atoms. The van der Waals surface area contributed by atoms with Crippen molar-refractivity contribution in [1.29, 1.82) is 0 Å². The van der Waals surface area contributed by atoms with E-state index < -0.39 is 0 Å². The van der Waals surface area contributed by atoms with Crippen LogP contribution in [0.1, 0.15) is 18.2 Å². The Bertz CT molecular complexity index is 751. The Morgan fingerprint density at radius 1 is 1.24 bits per heavy atom. The number of rotatable bonds is 5. The lowest BCUT2D eigenvalue weighted by atomic mass is 10.1. The largest absolute Gasteiger partial charge is 0.418 e. The van der Waals surface area contributed by atoms with Gasteiger partial charge in [0.25, 0.3) is 0 Å². The average Bonchev–Trinajstić information content (AvgIpc) is 2.92. The van der Waals surface area contributed by atoms with Crippen molar-refractivity contribution >= 4 is 10.8 Å². The number of nitrogens with zero attached hydrogens (tertiary/aromatic N) is 2. The zero-order chi connectivity index (χ0) is 14.7. The number of ether oxygens (including phenoxy) is 1. The molecule has 0 fully saturated rings. The van der Waals surface area contributed by atoms with Gasteiger partial charge >= 0.3 is 0 Å². The number of hydrogen-bond acceptors (Lipinski definition) is 4. The average molecular weight is 282 g/mol. The number of aromatic nitrogens is 3. The van der Waals surface area contributed by atoms with Crippen LogP contribution in [0, 0.1) is 6.92 Å². The predicted molar refractivity (Wildman–Crippen MR) is 82.5 cm³/mol. The van der Waals surface area contributed by atoms with Crippen molar-refractivity contribution in [2.24, 2.45) is 0 Å². The van der Waals surface area contributed by atoms with Crippen LogP contribution in [0.2, 0.25) is 0 Å². The fourth-order valence-corrected chi connectivity index (χ4v) is 2.25. The molecule has 2 N–H and O–H groups in total. The first-order chi connectivity index (χ1) is 10.3. The summed E-state index contributed by atoms with van der Waals surface area (Å²) in [5, 5.41) is 12.4. The van der Waals surface area contributed by atoms with E-state index in [1.165, 1.54) is 0 Å². The third-order valence-corrected chi connectivity index (χ3v) is 3.29. The minimum atomic E-state index is 0.532. The molecule has 0 unspecified atom stereocenters. The monoisotopic (exact) mass is 282 g/mol. The summed E-state index contributed by atoms with van der Waals surface area (Å²) in [6, 6.07) is 9.98. The van der Waals surface area contributed by atoms with Gasteiger partial charge in [-0.25, -0.2) is 4.98 Å². The zero-order valence-corrected chi connectivity index (χ0v) is 12.2. The third kappa shape index (κ3) is 2.87. The smallest absolute Gasteiger partial charge is 0.240 e. The molecule has 0 aliphatic rings. The van der Waals surface area contributed by atoms with E-state index in [1.807, 2.05) is 37.4 Å². The van der Waals surface area contributed by atoms with E-state index in [0.717, 1.165) is 35.1 Å². The lowest BCUT2D eigenvalue weighted by Crippen LogP contribution is -2.12. The molecule has 108 valence electrons. The Kier molecular flexibility index (Phi) is 3.83. The number of aromatic amines is 1. The van der Waals surface area contributed by atoms with Crippen molar-refractivity contribution < 1.29 is 4.74 Å². The fourth-order valence-electron chi connectivity index (χ4n) is 2.25. The first kappa shape index (κ1) is 13.6. The summed E-state index contributed by atoms with van der Waals surface area (Å²) in [4.78, 5) is 4.45. The highest BCUT2D eigenvalue weighted by atomic mass is 16.5. The van der Waals surface area contributed by atoms with Crippen LogP contribution < -0.4 is 10.1 Å². The minimum Gasteiger partial charge on any atom is -0.418 e. The molecule has 21 heavy (non-hydrogen) atoms. The Morgan fingerprint density at radius 3 is 2.76 bits per heavy atom. The lowest BCUT2D eigenvalue weighted by molar-refractivity contribution is 0.449. The molecule has 0 aliphatic carbocycles. The Labute approximate surface area is 123 Å². The van der Waals surface area contributed by atoms with Crippen LogP contribution in [0.15, 0.2) is 36.5 Å². The molecule has 0 amide bonds. The van der Waals surface area contributed by atoms with Crippen molar-refractivity contribution in [2.75, 3.05) is 6.54 Å². The van der Waals surface area contributed by atoms with Gasteiger partial charge in [0, 0.05) is 29.9 Å². The molecule has 0 spiro atoms. The van der Waals surface area contributed by atoms with Crippen molar-refractivity contribution in [3.05, 3.63) is 47.8 Å². The number of nitrogens with one attached hydrogen (secondary N) is 2. The number of fused-ring (bicyclic) bond motifs is 1. The first-order valence-electron chi connectivity index (χ1n) is 7.05. The highest BCUT2D eigenvalue weighted by molar-refractivity contribution is 5.89. The molecule has 5 heteroatoms. The maximum absolute atomic E-state index is 5.80. The van der Waals surface area contributed by atoms with Crippen LogP contribution >= 0.6 is 0 Å². The number of H-pyrrole nitrogens is 1. The van der Waals surface area contributed by atoms with Crippen molar-refractivity contribution in [2.45, 2.75) is 20.4 Å². The maximum atomic E-state index is 5.80. The summed E-state index contributed by atoms with van der Waals surface area (Å²) in [5.41, 5.74) is 2.12. The second kappa shape index (κ2) is 5.93. The van der Waals surface area contributed by atoms with Crippen molar-refractivity contribution in [1.82, 2.24) is 20.5 Å². The standard InChI is InChI=1S/C16H18N4O/c1-3-17-9-12-10-18-16(14-7-5-4-6-13(12)14)21-15-8-11(2)19-20-15/h4-8,10,17H,3,9H2,1-2H3,(H,19,20). The quantitative estimate of drug-likeness (QED) is 0.754. The van der Waals surface area contributed by atoms with E-state index in [2.05, 4.69) is 33.5 Å². The molecule has 1 aromatic carbocycles. The molecule has 5 nitrogen and oxygen atoms in total. The molecule has 3 rings (SSSR count). The van der Waals surface area contributed by atoms with Crippen LogP contribution in [0.4, 0.5) is 0 Å². The van der Waals surface area contributed by atoms with E-state index in [1.54, 1.807) is 0 Å². The van der Waals surface area contributed by atoms with E-state index >= 15 is 0 Å². The molecule has 0 aliphatic heterocycles. The summed E-state index contributed by atoms with van der Waals surface area (Å²) < 4.78 is 5.80. The predicted octanol–water partition coefficient (Wildman–Crippen LogP) is 3.17. The van der Waals surface area contributed by atoms with Crippen LogP contribution in [0.5, 0.6) is 11.8 Å². The van der Waals surface area contributed by atoms with Gasteiger partial charge in [0.15, 0.2) is 0 Å². The van der Waals surface area contributed by atoms with Gasteiger partial charge in [-0.05, 0) is 30.5 Å². The van der Waals surface area contributed by atoms with Crippen LogP contribution in [0.3, 0.4) is 0 Å². The third-order valence-electron chi connectivity index (χ3n) is 3.29. The van der Waals surface area contributed by atoms with E-state index in [-0.39, 0.29) is 0 Å². The molecule has 0 radical (unpaired) electrons. The van der Waals surface area contributed by atoms with E-state index in [4.69, 9.17) is 4.74 Å². The number of aryl methyl sites for hydroxylation is 1. The second-order valence-electron chi connectivity index (χ2n) is 4.91. The highest BCUT2D eigenvalue weighted by Gasteiger charge is 2.10. The Hall–Kier alpha value is -2.40. The van der Waals surface area contributed by atoms with E-state index in [9.17, 15) is 0 Å². The number of benzene rings is 1. The molecule has 0 atom stereocenters. The van der Waals surface area contributed by atoms with Crippen LogP contribution in [0.25, 0.3) is 10.8 Å².